The van der Waals surface area contributed by atoms with E-state index in [9.17, 15) is 4.79 Å². The van der Waals surface area contributed by atoms with Crippen LogP contribution in [0.4, 0.5) is 0 Å². The molecule has 1 unspecified atom stereocenters. The zero-order valence-corrected chi connectivity index (χ0v) is 13.3. The lowest BCUT2D eigenvalue weighted by Gasteiger charge is -2.28. The number of hydrogen-bond acceptors (Lipinski definition) is 3. The van der Waals surface area contributed by atoms with Gasteiger partial charge in [0, 0.05) is 19.0 Å². The Bertz CT molecular complexity index is 414. The molecule has 0 fully saturated rings. The fraction of sp³-hybridized carbons (Fsp3) is 0.750. The number of nitrogens with one attached hydrogen (secondary N) is 1. The third kappa shape index (κ3) is 4.99. The fourth-order valence-electron chi connectivity index (χ4n) is 2.16. The van der Waals surface area contributed by atoms with Gasteiger partial charge in [-0.2, -0.15) is 0 Å². The molecule has 0 aromatic carbocycles. The van der Waals surface area contributed by atoms with E-state index in [0.717, 1.165) is 25.0 Å². The number of aromatic nitrogens is 1. The van der Waals surface area contributed by atoms with E-state index in [0.29, 0.717) is 12.2 Å². The quantitative estimate of drug-likeness (QED) is 0.696. The summed E-state index contributed by atoms with van der Waals surface area (Å²) in [6.45, 7) is 9.30. The number of unbranched alkanes of at least 4 members (excludes halogenated alkanes) is 2. The van der Waals surface area contributed by atoms with Gasteiger partial charge in [-0.1, -0.05) is 52.1 Å². The highest BCUT2D eigenvalue weighted by Gasteiger charge is 2.23. The van der Waals surface area contributed by atoms with Crippen LogP contribution in [-0.2, 0) is 6.42 Å². The van der Waals surface area contributed by atoms with E-state index in [2.05, 4.69) is 31.2 Å². The molecule has 0 aliphatic carbocycles. The molecule has 0 radical (unpaired) electrons. The van der Waals surface area contributed by atoms with Crippen molar-refractivity contribution in [1.82, 2.24) is 10.5 Å². The van der Waals surface area contributed by atoms with Gasteiger partial charge in [-0.05, 0) is 18.3 Å². The maximum atomic E-state index is 12.0. The van der Waals surface area contributed by atoms with Crippen LogP contribution in [0.25, 0.3) is 0 Å². The van der Waals surface area contributed by atoms with E-state index in [1.807, 2.05) is 6.92 Å². The molecule has 0 saturated carbocycles. The average Bonchev–Trinajstić information content (AvgIpc) is 2.94. The first-order chi connectivity index (χ1) is 9.54. The average molecular weight is 280 g/mol. The minimum Gasteiger partial charge on any atom is -0.361 e. The number of rotatable bonds is 9. The molecule has 1 amide bonds. The van der Waals surface area contributed by atoms with Gasteiger partial charge in [0.25, 0.3) is 5.91 Å². The lowest BCUT2D eigenvalue weighted by atomic mass is 9.82. The fourth-order valence-corrected chi connectivity index (χ4v) is 2.16. The summed E-state index contributed by atoms with van der Waals surface area (Å²) in [5.74, 6) is 0.611. The molecule has 0 saturated heterocycles. The molecule has 1 heterocycles. The summed E-state index contributed by atoms with van der Waals surface area (Å²) >= 11 is 0. The molecule has 0 aliphatic rings. The Morgan fingerprint density at radius 2 is 2.10 bits per heavy atom. The predicted octanol–water partition coefficient (Wildman–Crippen LogP) is 3.96. The normalized spacial score (nSPS) is 14.0. The van der Waals surface area contributed by atoms with Gasteiger partial charge in [0.05, 0.1) is 0 Å². The van der Waals surface area contributed by atoms with Gasteiger partial charge in [-0.15, -0.1) is 0 Å². The third-order valence-electron chi connectivity index (χ3n) is 4.05. The van der Waals surface area contributed by atoms with Crippen LogP contribution < -0.4 is 5.32 Å². The van der Waals surface area contributed by atoms with Gasteiger partial charge in [-0.3, -0.25) is 4.79 Å². The smallest absolute Gasteiger partial charge is 0.273 e. The number of carbonyl (C=O) groups is 1. The zero-order valence-electron chi connectivity index (χ0n) is 13.3. The van der Waals surface area contributed by atoms with Crippen LogP contribution >= 0.6 is 0 Å². The predicted molar refractivity (Wildman–Crippen MR) is 80.8 cm³/mol. The van der Waals surface area contributed by atoms with E-state index in [1.54, 1.807) is 6.07 Å². The van der Waals surface area contributed by atoms with Crippen LogP contribution in [0.2, 0.25) is 0 Å². The van der Waals surface area contributed by atoms with Gasteiger partial charge in [0.1, 0.15) is 5.76 Å². The second-order valence-corrected chi connectivity index (χ2v) is 5.84. The summed E-state index contributed by atoms with van der Waals surface area (Å²) in [4.78, 5) is 12.0. The summed E-state index contributed by atoms with van der Waals surface area (Å²) in [6, 6.07) is 1.72. The van der Waals surface area contributed by atoms with Gasteiger partial charge in [0.2, 0.25) is 0 Å². The maximum absolute atomic E-state index is 12.0. The molecule has 1 atom stereocenters. The van der Waals surface area contributed by atoms with Crippen molar-refractivity contribution in [2.24, 2.45) is 5.41 Å². The summed E-state index contributed by atoms with van der Waals surface area (Å²) in [7, 11) is 0. The van der Waals surface area contributed by atoms with Crippen molar-refractivity contribution in [3.8, 4) is 0 Å². The molecular formula is C16H28N2O2. The largest absolute Gasteiger partial charge is 0.361 e. The van der Waals surface area contributed by atoms with Crippen LogP contribution in [0.5, 0.6) is 0 Å². The van der Waals surface area contributed by atoms with Crippen molar-refractivity contribution < 1.29 is 9.32 Å². The molecule has 20 heavy (non-hydrogen) atoms. The van der Waals surface area contributed by atoms with E-state index >= 15 is 0 Å². The minimum absolute atomic E-state index is 0.136. The van der Waals surface area contributed by atoms with Crippen molar-refractivity contribution in [3.05, 3.63) is 17.5 Å². The molecule has 114 valence electrons. The van der Waals surface area contributed by atoms with Gasteiger partial charge >= 0.3 is 0 Å². The number of hydrogen-bond donors (Lipinski definition) is 1. The monoisotopic (exact) mass is 280 g/mol. The molecule has 0 spiro atoms. The highest BCUT2D eigenvalue weighted by molar-refractivity contribution is 5.92. The van der Waals surface area contributed by atoms with Crippen molar-refractivity contribution in [1.29, 1.82) is 0 Å². The van der Waals surface area contributed by atoms with Crippen molar-refractivity contribution in [3.63, 3.8) is 0 Å². The van der Waals surface area contributed by atoms with Crippen LogP contribution in [-0.4, -0.2) is 17.6 Å². The number of nitrogens with zero attached hydrogens (tertiary/aromatic N) is 1. The third-order valence-corrected chi connectivity index (χ3v) is 4.05. The van der Waals surface area contributed by atoms with Crippen molar-refractivity contribution in [2.45, 2.75) is 66.2 Å². The first-order valence-electron chi connectivity index (χ1n) is 7.78. The molecule has 1 aromatic heterocycles. The molecule has 1 aromatic rings. The van der Waals surface area contributed by atoms with Gasteiger partial charge in [0.15, 0.2) is 5.69 Å². The standard InChI is InChI=1S/C16H28N2O2/c1-5-8-9-10-16(4,7-3)12-17-15(19)14-11-13(6-2)20-18-14/h11H,5-10,12H2,1-4H3,(H,17,19). The zero-order chi connectivity index (χ0) is 15.0. The van der Waals surface area contributed by atoms with E-state index < -0.39 is 0 Å². The lowest BCUT2D eigenvalue weighted by molar-refractivity contribution is 0.0919. The first kappa shape index (κ1) is 16.7. The Morgan fingerprint density at radius 1 is 1.35 bits per heavy atom. The maximum Gasteiger partial charge on any atom is 0.273 e. The topological polar surface area (TPSA) is 55.1 Å². The highest BCUT2D eigenvalue weighted by atomic mass is 16.5. The number of carbonyl (C=O) groups excluding carboxylic acids is 1. The second-order valence-electron chi connectivity index (χ2n) is 5.84. The molecule has 0 bridgehead atoms. The SMILES string of the molecule is CCCCCC(C)(CC)CNC(=O)c1cc(CC)on1. The van der Waals surface area contributed by atoms with Crippen LogP contribution in [0.3, 0.4) is 0 Å². The summed E-state index contributed by atoms with van der Waals surface area (Å²) in [5, 5.41) is 6.80. The number of amides is 1. The van der Waals surface area contributed by atoms with Crippen molar-refractivity contribution >= 4 is 5.91 Å². The Morgan fingerprint density at radius 3 is 2.65 bits per heavy atom. The lowest BCUT2D eigenvalue weighted by Crippen LogP contribution is -2.35. The van der Waals surface area contributed by atoms with Gasteiger partial charge in [-0.25, -0.2) is 0 Å². The molecule has 4 heteroatoms. The summed E-state index contributed by atoms with van der Waals surface area (Å²) in [6.07, 6.45) is 6.68. The highest BCUT2D eigenvalue weighted by Crippen LogP contribution is 2.27. The van der Waals surface area contributed by atoms with Crippen LogP contribution in [0, 0.1) is 5.41 Å². The Hall–Kier alpha value is -1.32. The number of aryl methyl sites for hydroxylation is 1. The summed E-state index contributed by atoms with van der Waals surface area (Å²) < 4.78 is 5.06. The van der Waals surface area contributed by atoms with Crippen LogP contribution in [0.1, 0.15) is 76.0 Å². The van der Waals surface area contributed by atoms with E-state index in [4.69, 9.17) is 4.52 Å². The van der Waals surface area contributed by atoms with Crippen molar-refractivity contribution in [2.75, 3.05) is 6.54 Å². The van der Waals surface area contributed by atoms with E-state index in [-0.39, 0.29) is 11.3 Å². The second kappa shape index (κ2) is 8.08. The van der Waals surface area contributed by atoms with Gasteiger partial charge < -0.3 is 9.84 Å². The molecule has 4 nitrogen and oxygen atoms in total. The van der Waals surface area contributed by atoms with Crippen LogP contribution in [0.15, 0.2) is 10.6 Å². The minimum atomic E-state index is -0.136. The Kier molecular flexibility index (Phi) is 6.76. The Labute approximate surface area is 122 Å². The van der Waals surface area contributed by atoms with E-state index in [1.165, 1.54) is 19.3 Å². The molecular weight excluding hydrogens is 252 g/mol. The molecule has 0 aliphatic heterocycles. The first-order valence-corrected chi connectivity index (χ1v) is 7.78. The molecule has 1 N–H and O–H groups in total. The molecule has 1 rings (SSSR count). The summed E-state index contributed by atoms with van der Waals surface area (Å²) in [5.41, 5.74) is 0.552. The Balaban J connectivity index is 2.48.